The van der Waals surface area contributed by atoms with Gasteiger partial charge in [-0.3, -0.25) is 19.2 Å². The number of nitrogens with zero attached hydrogens (tertiary/aromatic N) is 3. The molecular weight excluding hydrogens is 822 g/mol. The van der Waals surface area contributed by atoms with Crippen molar-refractivity contribution in [2.24, 2.45) is 10.8 Å². The summed E-state index contributed by atoms with van der Waals surface area (Å²) in [4.78, 5) is 84.5. The quantitative estimate of drug-likeness (QED) is 0.138. The van der Waals surface area contributed by atoms with E-state index in [0.29, 0.717) is 50.4 Å². The molecule has 5 rings (SSSR count). The predicted molar refractivity (Wildman–Crippen MR) is 243 cm³/mol. The summed E-state index contributed by atoms with van der Waals surface area (Å²) in [5, 5.41) is 11.3. The van der Waals surface area contributed by atoms with Crippen molar-refractivity contribution in [3.8, 4) is 0 Å². The normalized spacial score (nSPS) is 17.6. The lowest BCUT2D eigenvalue weighted by Crippen LogP contribution is -2.59. The number of carbonyl (C=O) groups excluding carboxylic acids is 6. The van der Waals surface area contributed by atoms with Gasteiger partial charge in [0.05, 0.1) is 14.2 Å². The summed E-state index contributed by atoms with van der Waals surface area (Å²) in [6.07, 6.45) is 2.58. The van der Waals surface area contributed by atoms with Crippen LogP contribution in [0, 0.1) is 16.6 Å². The number of alkyl carbamates (subject to hydrolysis) is 2. The molecular formula is C48H64FN7O8. The van der Waals surface area contributed by atoms with Crippen LogP contribution >= 0.6 is 0 Å². The van der Waals surface area contributed by atoms with E-state index >= 15 is 0 Å². The first-order valence-electron chi connectivity index (χ1n) is 21.9. The second kappa shape index (κ2) is 21.5. The molecule has 2 aliphatic rings. The second-order valence-corrected chi connectivity index (χ2v) is 18.7. The van der Waals surface area contributed by atoms with Crippen LogP contribution in [0.3, 0.4) is 0 Å². The molecule has 2 fully saturated rings. The molecule has 2 heterocycles. The molecule has 4 N–H and O–H groups in total. The van der Waals surface area contributed by atoms with Crippen molar-refractivity contribution in [2.75, 3.05) is 42.8 Å². The van der Waals surface area contributed by atoms with Gasteiger partial charge in [0.15, 0.2) is 0 Å². The number of nitrogens with one attached hydrogen (secondary N) is 4. The van der Waals surface area contributed by atoms with Crippen molar-refractivity contribution in [3.05, 3.63) is 89.7 Å². The highest BCUT2D eigenvalue weighted by molar-refractivity contribution is 5.99. The van der Waals surface area contributed by atoms with E-state index in [1.807, 2.05) is 65.8 Å². The van der Waals surface area contributed by atoms with E-state index in [1.54, 1.807) is 46.2 Å². The molecule has 0 aliphatic carbocycles. The van der Waals surface area contributed by atoms with E-state index < -0.39 is 47.2 Å². The number of hydrogen-bond donors (Lipinski definition) is 4. The van der Waals surface area contributed by atoms with E-state index in [4.69, 9.17) is 9.47 Å². The van der Waals surface area contributed by atoms with Crippen molar-refractivity contribution in [1.29, 1.82) is 0 Å². The number of piperidine rings is 2. The smallest absolute Gasteiger partial charge is 0.407 e. The Kier molecular flexibility index (Phi) is 16.4. The zero-order chi connectivity index (χ0) is 46.8. The molecule has 64 heavy (non-hydrogen) atoms. The van der Waals surface area contributed by atoms with Crippen molar-refractivity contribution >= 4 is 52.9 Å². The van der Waals surface area contributed by atoms with Crippen molar-refractivity contribution < 1.29 is 42.6 Å². The summed E-state index contributed by atoms with van der Waals surface area (Å²) < 4.78 is 23.6. The lowest BCUT2D eigenvalue weighted by atomic mass is 9.85. The fourth-order valence-electron chi connectivity index (χ4n) is 8.09. The summed E-state index contributed by atoms with van der Waals surface area (Å²) in [6, 6.07) is 17.8. The minimum atomic E-state index is -0.890. The van der Waals surface area contributed by atoms with E-state index in [0.717, 1.165) is 42.5 Å². The maximum atomic E-state index is 14.0. The van der Waals surface area contributed by atoms with Crippen LogP contribution in [0.4, 0.5) is 31.0 Å². The van der Waals surface area contributed by atoms with Gasteiger partial charge < -0.3 is 45.4 Å². The van der Waals surface area contributed by atoms with Crippen LogP contribution in [0.25, 0.3) is 0 Å². The molecule has 2 saturated heterocycles. The van der Waals surface area contributed by atoms with Crippen LogP contribution in [-0.4, -0.2) is 97.1 Å². The van der Waals surface area contributed by atoms with E-state index in [9.17, 15) is 33.2 Å². The third kappa shape index (κ3) is 12.9. The Morgan fingerprint density at radius 2 is 0.984 bits per heavy atom. The number of ether oxygens (including phenoxy) is 2. The summed E-state index contributed by atoms with van der Waals surface area (Å²) in [7, 11) is 2.48. The topological polar surface area (TPSA) is 179 Å². The third-order valence-corrected chi connectivity index (χ3v) is 11.7. The Balaban J connectivity index is 1.25. The Morgan fingerprint density at radius 3 is 1.33 bits per heavy atom. The van der Waals surface area contributed by atoms with Crippen LogP contribution in [-0.2, 0) is 41.7 Å². The average molecular weight is 886 g/mol. The Bertz CT molecular complexity index is 1970. The highest BCUT2D eigenvalue weighted by Gasteiger charge is 2.42. The third-order valence-electron chi connectivity index (χ3n) is 11.7. The number of amides is 6. The molecule has 0 saturated carbocycles. The molecule has 16 heteroatoms. The van der Waals surface area contributed by atoms with Crippen LogP contribution in [0.15, 0.2) is 72.8 Å². The van der Waals surface area contributed by atoms with Crippen LogP contribution in [0.1, 0.15) is 91.2 Å². The van der Waals surface area contributed by atoms with Crippen LogP contribution in [0.5, 0.6) is 0 Å². The fraction of sp³-hybridized carbons (Fsp3) is 0.500. The van der Waals surface area contributed by atoms with E-state index in [-0.39, 0.29) is 29.4 Å². The first kappa shape index (κ1) is 48.8. The minimum absolute atomic E-state index is 0.314. The van der Waals surface area contributed by atoms with Gasteiger partial charge in [0.2, 0.25) is 23.6 Å². The lowest BCUT2D eigenvalue weighted by molar-refractivity contribution is -0.144. The maximum Gasteiger partial charge on any atom is 0.407 e. The van der Waals surface area contributed by atoms with Crippen molar-refractivity contribution in [2.45, 2.75) is 117 Å². The molecule has 346 valence electrons. The number of hydrogen-bond acceptors (Lipinski definition) is 9. The monoisotopic (exact) mass is 885 g/mol. The van der Waals surface area contributed by atoms with Crippen LogP contribution < -0.4 is 26.2 Å². The SMILES string of the molecule is COC(=O)N[C@H](C(=O)N1CCCC[C@H]1C(=O)Nc1ccc(CN(Cc2ccc(NC(=O)[C@@H]3CCCCN3C(=O)[C@@H](NC(=O)OC)C(C)(C)C)cc2)c2ccc(F)cc2)cc1)C(C)(C)C. The minimum Gasteiger partial charge on any atom is -0.453 e. The number of anilines is 3. The van der Waals surface area contributed by atoms with Crippen molar-refractivity contribution in [1.82, 2.24) is 20.4 Å². The molecule has 4 atom stereocenters. The standard InChI is InChI=1S/C48H64FN7O8/c1-47(2,3)39(52-45(61)63-7)43(59)55-27-11-9-13-37(55)41(57)50-34-21-15-31(16-22-34)29-54(36-25-19-33(49)20-26-36)30-32-17-23-35(24-18-32)51-42(58)38-14-10-12-28-56(38)44(60)40(48(4,5)6)53-46(62)64-8/h15-26,37-40H,9-14,27-30H2,1-8H3,(H,50,57)(H,51,58)(H,52,61)(H,53,62)/t37-,38-,39+,40+/m0/s1. The molecule has 0 unspecified atom stereocenters. The zero-order valence-corrected chi connectivity index (χ0v) is 38.3. The van der Waals surface area contributed by atoms with Gasteiger partial charge in [-0.05, 0) is 109 Å². The highest BCUT2D eigenvalue weighted by atomic mass is 19.1. The van der Waals surface area contributed by atoms with Gasteiger partial charge in [-0.2, -0.15) is 0 Å². The number of methoxy groups -OCH3 is 2. The molecule has 3 aromatic rings. The van der Waals surface area contributed by atoms with Gasteiger partial charge in [0.1, 0.15) is 30.0 Å². The van der Waals surface area contributed by atoms with Gasteiger partial charge >= 0.3 is 12.2 Å². The molecule has 15 nitrogen and oxygen atoms in total. The molecule has 6 amide bonds. The Morgan fingerprint density at radius 1 is 0.609 bits per heavy atom. The largest absolute Gasteiger partial charge is 0.453 e. The fourth-order valence-corrected chi connectivity index (χ4v) is 8.09. The number of halogens is 1. The zero-order valence-electron chi connectivity index (χ0n) is 38.3. The molecule has 0 bridgehead atoms. The first-order valence-corrected chi connectivity index (χ1v) is 21.9. The molecule has 2 aliphatic heterocycles. The number of likely N-dealkylation sites (tertiary alicyclic amines) is 2. The highest BCUT2D eigenvalue weighted by Crippen LogP contribution is 2.29. The van der Waals surface area contributed by atoms with Crippen molar-refractivity contribution in [3.63, 3.8) is 0 Å². The van der Waals surface area contributed by atoms with Gasteiger partial charge in [-0.25, -0.2) is 14.0 Å². The Hall–Kier alpha value is -6.19. The molecule has 3 aromatic carbocycles. The van der Waals surface area contributed by atoms with Gasteiger partial charge in [0, 0.05) is 43.2 Å². The van der Waals surface area contributed by atoms with Gasteiger partial charge in [-0.15, -0.1) is 0 Å². The van der Waals surface area contributed by atoms with Gasteiger partial charge in [-0.1, -0.05) is 65.8 Å². The number of carbonyl (C=O) groups is 6. The molecule has 0 radical (unpaired) electrons. The molecule has 0 aromatic heterocycles. The summed E-state index contributed by atoms with van der Waals surface area (Å²) >= 11 is 0. The number of rotatable bonds is 13. The summed E-state index contributed by atoms with van der Waals surface area (Å²) in [5.74, 6) is -1.66. The average Bonchev–Trinajstić information content (AvgIpc) is 3.27. The maximum absolute atomic E-state index is 14.0. The van der Waals surface area contributed by atoms with E-state index in [2.05, 4.69) is 26.2 Å². The summed E-state index contributed by atoms with van der Waals surface area (Å²) in [6.45, 7) is 12.7. The second-order valence-electron chi connectivity index (χ2n) is 18.7. The lowest BCUT2D eigenvalue weighted by Gasteiger charge is -2.40. The van der Waals surface area contributed by atoms with Gasteiger partial charge in [0.25, 0.3) is 0 Å². The number of benzene rings is 3. The first-order chi connectivity index (χ1) is 30.3. The summed E-state index contributed by atoms with van der Waals surface area (Å²) in [5.41, 5.74) is 2.49. The van der Waals surface area contributed by atoms with E-state index in [1.165, 1.54) is 26.4 Å². The Labute approximate surface area is 375 Å². The predicted octanol–water partition coefficient (Wildman–Crippen LogP) is 7.21. The molecule has 0 spiro atoms. The van der Waals surface area contributed by atoms with Crippen LogP contribution in [0.2, 0.25) is 0 Å².